The topological polar surface area (TPSA) is 118 Å². The maximum absolute atomic E-state index is 12.2. The fraction of sp³-hybridized carbons (Fsp3) is 0.444. The lowest BCUT2D eigenvalue weighted by Gasteiger charge is -2.17. The highest BCUT2D eigenvalue weighted by molar-refractivity contribution is 6.11. The van der Waals surface area contributed by atoms with Crippen molar-refractivity contribution in [3.05, 3.63) is 35.2 Å². The van der Waals surface area contributed by atoms with Gasteiger partial charge in [0.05, 0.1) is 12.0 Å². The van der Waals surface area contributed by atoms with E-state index in [1.54, 1.807) is 0 Å². The van der Waals surface area contributed by atoms with E-state index in [-0.39, 0.29) is 24.4 Å². The molecule has 4 N–H and O–H groups in total. The van der Waals surface area contributed by atoms with E-state index >= 15 is 0 Å². The number of amides is 1. The summed E-state index contributed by atoms with van der Waals surface area (Å²) < 4.78 is 0. The van der Waals surface area contributed by atoms with Gasteiger partial charge in [-0.2, -0.15) is 0 Å². The van der Waals surface area contributed by atoms with Crippen molar-refractivity contribution in [3.8, 4) is 0 Å². The number of pyridine rings is 1. The number of nitrogens with zero attached hydrogens (tertiary/aromatic N) is 2. The summed E-state index contributed by atoms with van der Waals surface area (Å²) in [5.41, 5.74) is 2.38. The Labute approximate surface area is 152 Å². The number of carboxylic acid groups (broad SMARTS) is 1. The quantitative estimate of drug-likeness (QED) is 0.297. The van der Waals surface area contributed by atoms with Crippen LogP contribution in [0.4, 0.5) is 5.82 Å². The van der Waals surface area contributed by atoms with Gasteiger partial charge in [-0.3, -0.25) is 9.59 Å². The average Bonchev–Trinajstić information content (AvgIpc) is 2.65. The summed E-state index contributed by atoms with van der Waals surface area (Å²) in [6, 6.07) is 4.11. The lowest BCUT2D eigenvalue weighted by atomic mass is 10.1. The Morgan fingerprint density at radius 2 is 2.27 bits per heavy atom. The van der Waals surface area contributed by atoms with Gasteiger partial charge in [-0.15, -0.1) is 0 Å². The number of carbonyl (C=O) groups is 2. The molecule has 0 atom stereocenters. The number of carboxylic acids is 1. The van der Waals surface area contributed by atoms with Gasteiger partial charge in [0.1, 0.15) is 5.82 Å². The molecule has 0 aliphatic carbocycles. The smallest absolute Gasteiger partial charge is 0.305 e. The molecule has 26 heavy (non-hydrogen) atoms. The van der Waals surface area contributed by atoms with E-state index in [1.165, 1.54) is 23.7 Å². The van der Waals surface area contributed by atoms with Crippen molar-refractivity contribution in [2.75, 3.05) is 32.0 Å². The highest BCUT2D eigenvalue weighted by Gasteiger charge is 2.14. The van der Waals surface area contributed by atoms with Gasteiger partial charge in [0.2, 0.25) is 0 Å². The third-order valence-corrected chi connectivity index (χ3v) is 4.15. The summed E-state index contributed by atoms with van der Waals surface area (Å²) in [4.78, 5) is 28.6. The van der Waals surface area contributed by atoms with Crippen molar-refractivity contribution in [3.63, 3.8) is 0 Å². The molecule has 8 nitrogen and oxygen atoms in total. The summed E-state index contributed by atoms with van der Waals surface area (Å²) in [7, 11) is 1.52. The molecule has 1 aliphatic heterocycles. The first-order valence-electron chi connectivity index (χ1n) is 8.65. The number of hydrogen-bond donors (Lipinski definition) is 4. The third kappa shape index (κ3) is 5.58. The van der Waals surface area contributed by atoms with Crippen molar-refractivity contribution < 1.29 is 14.7 Å². The summed E-state index contributed by atoms with van der Waals surface area (Å²) in [5, 5.41) is 22.4. The van der Waals surface area contributed by atoms with Crippen molar-refractivity contribution in [2.45, 2.75) is 25.7 Å². The Morgan fingerprint density at radius 3 is 3.00 bits per heavy atom. The van der Waals surface area contributed by atoms with Crippen LogP contribution in [0.25, 0.3) is 0 Å². The fourth-order valence-electron chi connectivity index (χ4n) is 2.64. The summed E-state index contributed by atoms with van der Waals surface area (Å²) in [6.45, 7) is 1.63. The largest absolute Gasteiger partial charge is 0.481 e. The number of anilines is 1. The molecule has 0 saturated carbocycles. The molecular formula is C18H25N5O3. The van der Waals surface area contributed by atoms with E-state index in [2.05, 4.69) is 21.7 Å². The first-order valence-corrected chi connectivity index (χ1v) is 8.65. The number of hydrogen-bond acceptors (Lipinski definition) is 6. The second kappa shape index (κ2) is 9.55. The van der Waals surface area contributed by atoms with Crippen LogP contribution in [-0.2, 0) is 22.4 Å². The second-order valence-electron chi connectivity index (χ2n) is 6.16. The molecule has 0 radical (unpaired) electrons. The predicted molar refractivity (Wildman–Crippen MR) is 99.5 cm³/mol. The van der Waals surface area contributed by atoms with E-state index < -0.39 is 5.97 Å². The van der Waals surface area contributed by atoms with Crippen molar-refractivity contribution >= 4 is 23.9 Å². The van der Waals surface area contributed by atoms with Gasteiger partial charge in [0.15, 0.2) is 0 Å². The Balaban J connectivity index is 1.84. The van der Waals surface area contributed by atoms with E-state index in [9.17, 15) is 9.59 Å². The first kappa shape index (κ1) is 19.4. The highest BCUT2D eigenvalue weighted by atomic mass is 16.4. The molecule has 0 unspecified atom stereocenters. The molecule has 0 aromatic carbocycles. The van der Waals surface area contributed by atoms with Gasteiger partial charge in [0, 0.05) is 51.2 Å². The minimum absolute atomic E-state index is 0.103. The molecule has 1 aromatic rings. The molecule has 0 fully saturated rings. The van der Waals surface area contributed by atoms with Gasteiger partial charge in [-0.05, 0) is 24.5 Å². The standard InChI is InChI=1S/C18H25N5O3/c1-23(10-7-16(24)25)18(26)14(11-19)12-20-9-6-15-5-4-13-3-2-8-21-17(13)22-15/h4-5,11-12,19-20H,2-3,6-10H2,1H3,(H,21,22)(H,24,25)/b14-12+,19-11?. The molecule has 1 aliphatic rings. The van der Waals surface area contributed by atoms with Crippen LogP contribution in [0.2, 0.25) is 0 Å². The van der Waals surface area contributed by atoms with Crippen LogP contribution >= 0.6 is 0 Å². The number of aliphatic carboxylic acids is 1. The SMILES string of the molecule is CN(CCC(=O)O)C(=O)/C(C=N)=C/NCCc1ccc2c(n1)NCCC2. The van der Waals surface area contributed by atoms with Crippen LogP contribution in [-0.4, -0.2) is 59.8 Å². The zero-order valence-electron chi connectivity index (χ0n) is 14.9. The Morgan fingerprint density at radius 1 is 1.46 bits per heavy atom. The molecular weight excluding hydrogens is 334 g/mol. The number of likely N-dealkylation sites (N-methyl/N-ethyl adjacent to an activating group) is 1. The molecule has 1 amide bonds. The van der Waals surface area contributed by atoms with Crippen molar-refractivity contribution in [1.82, 2.24) is 15.2 Å². The number of nitrogens with one attached hydrogen (secondary N) is 3. The highest BCUT2D eigenvalue weighted by Crippen LogP contribution is 2.19. The van der Waals surface area contributed by atoms with Crippen molar-refractivity contribution in [2.24, 2.45) is 0 Å². The van der Waals surface area contributed by atoms with Crippen LogP contribution in [0, 0.1) is 5.41 Å². The Bertz CT molecular complexity index is 702. The lowest BCUT2D eigenvalue weighted by molar-refractivity contribution is -0.137. The minimum atomic E-state index is -0.963. The average molecular weight is 359 g/mol. The minimum Gasteiger partial charge on any atom is -0.481 e. The van der Waals surface area contributed by atoms with Gasteiger partial charge in [0.25, 0.3) is 5.91 Å². The van der Waals surface area contributed by atoms with Gasteiger partial charge >= 0.3 is 5.97 Å². The number of rotatable bonds is 9. The Kier molecular flexibility index (Phi) is 7.13. The zero-order valence-corrected chi connectivity index (χ0v) is 14.9. The molecule has 2 heterocycles. The van der Waals surface area contributed by atoms with E-state index in [4.69, 9.17) is 10.5 Å². The van der Waals surface area contributed by atoms with Crippen LogP contribution in [0.1, 0.15) is 24.1 Å². The van der Waals surface area contributed by atoms with E-state index in [0.717, 1.165) is 37.1 Å². The Hall–Kier alpha value is -2.90. The predicted octanol–water partition coefficient (Wildman–Crippen LogP) is 1.04. The van der Waals surface area contributed by atoms with Crippen LogP contribution in [0.15, 0.2) is 23.9 Å². The molecule has 1 aromatic heterocycles. The molecule has 0 spiro atoms. The van der Waals surface area contributed by atoms with Crippen LogP contribution in [0.3, 0.4) is 0 Å². The molecule has 0 saturated heterocycles. The fourth-order valence-corrected chi connectivity index (χ4v) is 2.64. The maximum Gasteiger partial charge on any atom is 0.305 e. The monoisotopic (exact) mass is 359 g/mol. The lowest BCUT2D eigenvalue weighted by Crippen LogP contribution is -2.31. The molecule has 140 valence electrons. The summed E-state index contributed by atoms with van der Waals surface area (Å²) in [5.74, 6) is -0.389. The van der Waals surface area contributed by atoms with E-state index in [1.807, 2.05) is 6.07 Å². The number of aromatic nitrogens is 1. The van der Waals surface area contributed by atoms with Gasteiger partial charge in [-0.25, -0.2) is 4.98 Å². The number of fused-ring (bicyclic) bond motifs is 1. The second-order valence-corrected chi connectivity index (χ2v) is 6.16. The first-order chi connectivity index (χ1) is 12.5. The number of carbonyl (C=O) groups excluding carboxylic acids is 1. The molecule has 8 heteroatoms. The number of aryl methyl sites for hydroxylation is 1. The van der Waals surface area contributed by atoms with Gasteiger partial charge in [-0.1, -0.05) is 6.07 Å². The molecule has 0 bridgehead atoms. The molecule has 2 rings (SSSR count). The van der Waals surface area contributed by atoms with Crippen LogP contribution in [0.5, 0.6) is 0 Å². The normalized spacial score (nSPS) is 13.3. The summed E-state index contributed by atoms with van der Waals surface area (Å²) >= 11 is 0. The van der Waals surface area contributed by atoms with E-state index in [0.29, 0.717) is 13.0 Å². The van der Waals surface area contributed by atoms with Gasteiger partial charge < -0.3 is 26.0 Å². The summed E-state index contributed by atoms with van der Waals surface area (Å²) in [6.07, 6.45) is 5.20. The van der Waals surface area contributed by atoms with Crippen LogP contribution < -0.4 is 10.6 Å². The maximum atomic E-state index is 12.2. The third-order valence-electron chi connectivity index (χ3n) is 4.15. The van der Waals surface area contributed by atoms with Crippen molar-refractivity contribution in [1.29, 1.82) is 5.41 Å². The zero-order chi connectivity index (χ0) is 18.9.